The molecule has 2 N–H and O–H groups in total. The number of piperidine rings is 1. The summed E-state index contributed by atoms with van der Waals surface area (Å²) in [6.07, 6.45) is 8.26. The first-order chi connectivity index (χ1) is 9.83. The Balaban J connectivity index is 1.53. The zero-order valence-electron chi connectivity index (χ0n) is 11.0. The van der Waals surface area contributed by atoms with Crippen molar-refractivity contribution in [1.29, 1.82) is 0 Å². The first-order valence-corrected chi connectivity index (χ1v) is 6.63. The zero-order chi connectivity index (χ0) is 13.8. The van der Waals surface area contributed by atoms with Gasteiger partial charge in [0.1, 0.15) is 12.1 Å². The van der Waals surface area contributed by atoms with Gasteiger partial charge in [0.15, 0.2) is 0 Å². The van der Waals surface area contributed by atoms with Crippen molar-refractivity contribution in [1.82, 2.24) is 25.1 Å². The van der Waals surface area contributed by atoms with Gasteiger partial charge in [-0.2, -0.15) is 5.10 Å². The number of nitrogens with zero attached hydrogens (tertiary/aromatic N) is 4. The lowest BCUT2D eigenvalue weighted by atomic mass is 10.0. The summed E-state index contributed by atoms with van der Waals surface area (Å²) in [6.45, 7) is 1.49. The van der Waals surface area contributed by atoms with Crippen LogP contribution in [0.25, 0.3) is 0 Å². The molecular weight excluding hydrogens is 256 g/mol. The molecule has 104 valence electrons. The summed E-state index contributed by atoms with van der Waals surface area (Å²) in [7, 11) is 0. The highest BCUT2D eigenvalue weighted by Crippen LogP contribution is 2.16. The number of anilines is 1. The molecule has 1 aliphatic rings. The number of aromatic amines is 1. The van der Waals surface area contributed by atoms with E-state index in [0.29, 0.717) is 11.6 Å². The second-order valence-corrected chi connectivity index (χ2v) is 4.79. The third kappa shape index (κ3) is 2.76. The molecule has 0 aromatic carbocycles. The van der Waals surface area contributed by atoms with Gasteiger partial charge < -0.3 is 10.2 Å². The van der Waals surface area contributed by atoms with Crippen LogP contribution in [0.2, 0.25) is 0 Å². The van der Waals surface area contributed by atoms with Crippen molar-refractivity contribution >= 4 is 11.7 Å². The van der Waals surface area contributed by atoms with Crippen LogP contribution in [-0.2, 0) is 0 Å². The molecule has 0 unspecified atom stereocenters. The molecule has 0 radical (unpaired) electrons. The van der Waals surface area contributed by atoms with Crippen molar-refractivity contribution in [2.24, 2.45) is 0 Å². The summed E-state index contributed by atoms with van der Waals surface area (Å²) in [4.78, 5) is 22.1. The molecule has 0 atom stereocenters. The molecule has 0 aliphatic carbocycles. The highest BCUT2D eigenvalue weighted by Gasteiger charge is 2.24. The number of nitrogens with one attached hydrogen (secondary N) is 2. The van der Waals surface area contributed by atoms with Crippen molar-refractivity contribution in [3.8, 4) is 0 Å². The van der Waals surface area contributed by atoms with E-state index >= 15 is 0 Å². The molecule has 0 saturated carbocycles. The number of likely N-dealkylation sites (tertiary alicyclic amines) is 1. The molecule has 7 nitrogen and oxygen atoms in total. The number of H-pyrrole nitrogens is 1. The van der Waals surface area contributed by atoms with E-state index in [1.165, 1.54) is 6.33 Å². The van der Waals surface area contributed by atoms with Crippen molar-refractivity contribution in [3.05, 3.63) is 36.5 Å². The predicted octanol–water partition coefficient (Wildman–Crippen LogP) is 0.916. The van der Waals surface area contributed by atoms with Gasteiger partial charge in [-0.1, -0.05) is 0 Å². The van der Waals surface area contributed by atoms with Gasteiger partial charge >= 0.3 is 0 Å². The Labute approximate surface area is 116 Å². The molecule has 1 aliphatic heterocycles. The summed E-state index contributed by atoms with van der Waals surface area (Å²) < 4.78 is 0. The second kappa shape index (κ2) is 5.68. The molecule has 3 heterocycles. The minimum absolute atomic E-state index is 0.0410. The molecule has 20 heavy (non-hydrogen) atoms. The molecular formula is C13H16N6O. The quantitative estimate of drug-likeness (QED) is 0.867. The minimum Gasteiger partial charge on any atom is -0.367 e. The largest absolute Gasteiger partial charge is 0.367 e. The monoisotopic (exact) mass is 272 g/mol. The number of hydrogen-bond donors (Lipinski definition) is 2. The Morgan fingerprint density at radius 2 is 2.25 bits per heavy atom. The van der Waals surface area contributed by atoms with Crippen molar-refractivity contribution in [2.45, 2.75) is 18.9 Å². The molecule has 7 heteroatoms. The third-order valence-electron chi connectivity index (χ3n) is 3.46. The number of carbonyl (C=O) groups excluding carboxylic acids is 1. The normalized spacial score (nSPS) is 16.1. The van der Waals surface area contributed by atoms with Crippen LogP contribution < -0.4 is 5.32 Å². The fraction of sp³-hybridized carbons (Fsp3) is 0.385. The molecule has 1 amide bonds. The number of rotatable bonds is 3. The highest BCUT2D eigenvalue weighted by atomic mass is 16.2. The topological polar surface area (TPSA) is 86.8 Å². The maximum atomic E-state index is 12.2. The smallest absolute Gasteiger partial charge is 0.257 e. The Kier molecular flexibility index (Phi) is 3.58. The molecule has 2 aromatic rings. The molecule has 3 rings (SSSR count). The summed E-state index contributed by atoms with van der Waals surface area (Å²) >= 11 is 0. The fourth-order valence-corrected chi connectivity index (χ4v) is 2.36. The molecule has 0 spiro atoms. The van der Waals surface area contributed by atoms with Crippen LogP contribution in [0.1, 0.15) is 23.2 Å². The van der Waals surface area contributed by atoms with E-state index in [-0.39, 0.29) is 5.91 Å². The number of aromatic nitrogens is 4. The number of hydrogen-bond acceptors (Lipinski definition) is 5. The average molecular weight is 272 g/mol. The van der Waals surface area contributed by atoms with Gasteiger partial charge in [-0.3, -0.25) is 9.89 Å². The SMILES string of the molecule is O=C(c1cn[nH]c1)N1CCC(Nc2ccncn2)CC1. The van der Waals surface area contributed by atoms with Gasteiger partial charge in [-0.25, -0.2) is 9.97 Å². The first kappa shape index (κ1) is 12.6. The van der Waals surface area contributed by atoms with Crippen LogP contribution >= 0.6 is 0 Å². The Morgan fingerprint density at radius 1 is 1.40 bits per heavy atom. The van der Waals surface area contributed by atoms with Crippen LogP contribution in [0.5, 0.6) is 0 Å². The standard InChI is InChI=1S/C13H16N6O/c20-13(10-7-16-17-8-10)19-5-2-11(3-6-19)18-12-1-4-14-9-15-12/h1,4,7-9,11H,2-3,5-6H2,(H,16,17)(H,14,15,18). The van der Waals surface area contributed by atoms with Crippen LogP contribution in [0.4, 0.5) is 5.82 Å². The van der Waals surface area contributed by atoms with E-state index in [1.54, 1.807) is 18.6 Å². The van der Waals surface area contributed by atoms with E-state index in [9.17, 15) is 4.79 Å². The minimum atomic E-state index is 0.0410. The maximum absolute atomic E-state index is 12.2. The molecule has 0 bridgehead atoms. The van der Waals surface area contributed by atoms with E-state index in [2.05, 4.69) is 25.5 Å². The fourth-order valence-electron chi connectivity index (χ4n) is 2.36. The van der Waals surface area contributed by atoms with Gasteiger partial charge in [0.2, 0.25) is 0 Å². The van der Waals surface area contributed by atoms with Gasteiger partial charge in [0, 0.05) is 31.5 Å². The van der Waals surface area contributed by atoms with Gasteiger partial charge in [-0.05, 0) is 18.9 Å². The lowest BCUT2D eigenvalue weighted by Crippen LogP contribution is -2.42. The van der Waals surface area contributed by atoms with Crippen LogP contribution in [-0.4, -0.2) is 50.1 Å². The van der Waals surface area contributed by atoms with Crippen molar-refractivity contribution in [3.63, 3.8) is 0 Å². The maximum Gasteiger partial charge on any atom is 0.257 e. The Hall–Kier alpha value is -2.44. The van der Waals surface area contributed by atoms with E-state index < -0.39 is 0 Å². The summed E-state index contributed by atoms with van der Waals surface area (Å²) in [5, 5.41) is 9.84. The highest BCUT2D eigenvalue weighted by molar-refractivity contribution is 5.93. The molecule has 1 fully saturated rings. The predicted molar refractivity (Wildman–Crippen MR) is 73.2 cm³/mol. The zero-order valence-corrected chi connectivity index (χ0v) is 11.0. The third-order valence-corrected chi connectivity index (χ3v) is 3.46. The average Bonchev–Trinajstić information content (AvgIpc) is 3.03. The number of carbonyl (C=O) groups is 1. The lowest BCUT2D eigenvalue weighted by molar-refractivity contribution is 0.0718. The summed E-state index contributed by atoms with van der Waals surface area (Å²) in [5.74, 6) is 0.874. The van der Waals surface area contributed by atoms with E-state index in [0.717, 1.165) is 31.7 Å². The van der Waals surface area contributed by atoms with Crippen molar-refractivity contribution in [2.75, 3.05) is 18.4 Å². The molecule has 1 saturated heterocycles. The van der Waals surface area contributed by atoms with Crippen LogP contribution in [0.3, 0.4) is 0 Å². The van der Waals surface area contributed by atoms with Gasteiger partial charge in [0.25, 0.3) is 5.91 Å². The lowest BCUT2D eigenvalue weighted by Gasteiger charge is -2.32. The Morgan fingerprint density at radius 3 is 2.90 bits per heavy atom. The molecule has 2 aromatic heterocycles. The summed E-state index contributed by atoms with van der Waals surface area (Å²) in [6, 6.07) is 2.20. The summed E-state index contributed by atoms with van der Waals surface area (Å²) in [5.41, 5.74) is 0.618. The van der Waals surface area contributed by atoms with E-state index in [1.807, 2.05) is 11.0 Å². The second-order valence-electron chi connectivity index (χ2n) is 4.79. The Bertz CT molecular complexity index is 548. The number of amides is 1. The van der Waals surface area contributed by atoms with Crippen LogP contribution in [0, 0.1) is 0 Å². The first-order valence-electron chi connectivity index (χ1n) is 6.63. The van der Waals surface area contributed by atoms with Gasteiger partial charge in [0.05, 0.1) is 11.8 Å². The van der Waals surface area contributed by atoms with E-state index in [4.69, 9.17) is 0 Å². The van der Waals surface area contributed by atoms with Crippen LogP contribution in [0.15, 0.2) is 31.0 Å². The van der Waals surface area contributed by atoms with Crippen molar-refractivity contribution < 1.29 is 4.79 Å². The van der Waals surface area contributed by atoms with Gasteiger partial charge in [-0.15, -0.1) is 0 Å².